The second-order valence-electron chi connectivity index (χ2n) is 5.92. The molecule has 0 saturated carbocycles. The Morgan fingerprint density at radius 1 is 1.16 bits per heavy atom. The van der Waals surface area contributed by atoms with E-state index in [4.69, 9.17) is 0 Å². The molecule has 0 bridgehead atoms. The summed E-state index contributed by atoms with van der Waals surface area (Å²) in [5.74, 6) is 0. The van der Waals surface area contributed by atoms with Crippen molar-refractivity contribution in [2.75, 3.05) is 19.6 Å². The normalized spacial score (nSPS) is 20.1. The van der Waals surface area contributed by atoms with Gasteiger partial charge in [0.2, 0.25) is 0 Å². The summed E-state index contributed by atoms with van der Waals surface area (Å²) < 4.78 is 0. The molecule has 1 N–H and O–H groups in total. The minimum Gasteiger partial charge on any atom is -0.311 e. The second-order valence-corrected chi connectivity index (χ2v) is 5.92. The van der Waals surface area contributed by atoms with Gasteiger partial charge < -0.3 is 5.32 Å². The molecule has 1 atom stereocenters. The van der Waals surface area contributed by atoms with Gasteiger partial charge in [0, 0.05) is 19.1 Å². The maximum Gasteiger partial charge on any atom is 0.0221 e. The van der Waals surface area contributed by atoms with E-state index >= 15 is 0 Å². The smallest absolute Gasteiger partial charge is 0.0221 e. The van der Waals surface area contributed by atoms with Crippen LogP contribution in [0.15, 0.2) is 12.1 Å². The van der Waals surface area contributed by atoms with Gasteiger partial charge in [-0.25, -0.2) is 0 Å². The number of benzene rings is 1. The second kappa shape index (κ2) is 6.53. The minimum atomic E-state index is 0.747. The van der Waals surface area contributed by atoms with Crippen molar-refractivity contribution in [3.63, 3.8) is 0 Å². The third-order valence-electron chi connectivity index (χ3n) is 4.55. The number of hydrogen-bond donors (Lipinski definition) is 1. The van der Waals surface area contributed by atoms with E-state index in [0.29, 0.717) is 0 Å². The Kier molecular flexibility index (Phi) is 5.00. The van der Waals surface area contributed by atoms with Crippen LogP contribution in [-0.4, -0.2) is 30.6 Å². The van der Waals surface area contributed by atoms with Gasteiger partial charge in [-0.1, -0.05) is 19.1 Å². The quantitative estimate of drug-likeness (QED) is 0.874. The standard InChI is InChI=1S/C17H28N2/c1-5-19-8-6-7-17(19)12-18-11-16-10-14(3)13(2)9-15(16)4/h9-10,17-18H,5-8,11-12H2,1-4H3. The maximum absolute atomic E-state index is 3.65. The van der Waals surface area contributed by atoms with E-state index in [9.17, 15) is 0 Å². The fourth-order valence-electron chi connectivity index (χ4n) is 3.13. The number of nitrogens with zero attached hydrogens (tertiary/aromatic N) is 1. The lowest BCUT2D eigenvalue weighted by atomic mass is 10.0. The van der Waals surface area contributed by atoms with Gasteiger partial charge in [-0.2, -0.15) is 0 Å². The van der Waals surface area contributed by atoms with Gasteiger partial charge in [0.15, 0.2) is 0 Å². The highest BCUT2D eigenvalue weighted by Gasteiger charge is 2.22. The van der Waals surface area contributed by atoms with E-state index in [1.54, 1.807) is 0 Å². The number of likely N-dealkylation sites (N-methyl/N-ethyl adjacent to an activating group) is 1. The number of nitrogens with one attached hydrogen (secondary N) is 1. The van der Waals surface area contributed by atoms with Gasteiger partial charge in [-0.15, -0.1) is 0 Å². The van der Waals surface area contributed by atoms with Crippen molar-refractivity contribution in [3.8, 4) is 0 Å². The van der Waals surface area contributed by atoms with Crippen LogP contribution in [0.1, 0.15) is 42.0 Å². The first-order valence-corrected chi connectivity index (χ1v) is 7.63. The summed E-state index contributed by atoms with van der Waals surface area (Å²) in [6.45, 7) is 13.5. The molecular weight excluding hydrogens is 232 g/mol. The molecule has 2 nitrogen and oxygen atoms in total. The van der Waals surface area contributed by atoms with E-state index in [0.717, 1.165) is 19.1 Å². The van der Waals surface area contributed by atoms with Crippen LogP contribution >= 0.6 is 0 Å². The first kappa shape index (κ1) is 14.5. The van der Waals surface area contributed by atoms with E-state index in [1.807, 2.05) is 0 Å². The zero-order chi connectivity index (χ0) is 13.8. The molecule has 19 heavy (non-hydrogen) atoms. The fourth-order valence-corrected chi connectivity index (χ4v) is 3.13. The highest BCUT2D eigenvalue weighted by Crippen LogP contribution is 2.17. The Labute approximate surface area is 118 Å². The van der Waals surface area contributed by atoms with E-state index in [1.165, 1.54) is 48.2 Å². The third-order valence-corrected chi connectivity index (χ3v) is 4.55. The summed E-state index contributed by atoms with van der Waals surface area (Å²) in [6.07, 6.45) is 2.72. The Balaban J connectivity index is 1.87. The molecule has 0 radical (unpaired) electrons. The molecule has 0 aromatic heterocycles. The molecule has 1 aliphatic rings. The van der Waals surface area contributed by atoms with E-state index in [2.05, 4.69) is 50.0 Å². The van der Waals surface area contributed by atoms with Crippen molar-refractivity contribution < 1.29 is 0 Å². The van der Waals surface area contributed by atoms with Crippen LogP contribution in [0.4, 0.5) is 0 Å². The summed E-state index contributed by atoms with van der Waals surface area (Å²) in [4.78, 5) is 2.60. The number of hydrogen-bond acceptors (Lipinski definition) is 2. The first-order chi connectivity index (χ1) is 9.11. The molecule has 0 spiro atoms. The van der Waals surface area contributed by atoms with E-state index < -0.39 is 0 Å². The summed E-state index contributed by atoms with van der Waals surface area (Å²) in [5, 5.41) is 3.65. The highest BCUT2D eigenvalue weighted by molar-refractivity contribution is 5.36. The molecule has 0 amide bonds. The monoisotopic (exact) mass is 260 g/mol. The summed E-state index contributed by atoms with van der Waals surface area (Å²) in [5.41, 5.74) is 5.66. The first-order valence-electron chi connectivity index (χ1n) is 7.63. The van der Waals surface area contributed by atoms with Gasteiger partial charge in [-0.3, -0.25) is 4.90 Å². The van der Waals surface area contributed by atoms with Crippen LogP contribution in [-0.2, 0) is 6.54 Å². The van der Waals surface area contributed by atoms with Gasteiger partial charge in [0.25, 0.3) is 0 Å². The van der Waals surface area contributed by atoms with Crippen molar-refractivity contribution in [1.29, 1.82) is 0 Å². The summed E-state index contributed by atoms with van der Waals surface area (Å²) in [7, 11) is 0. The van der Waals surface area contributed by atoms with Crippen LogP contribution < -0.4 is 5.32 Å². The zero-order valence-electron chi connectivity index (χ0n) is 12.9. The summed E-state index contributed by atoms with van der Waals surface area (Å²) in [6, 6.07) is 5.39. The van der Waals surface area contributed by atoms with Crippen LogP contribution in [0.2, 0.25) is 0 Å². The van der Waals surface area contributed by atoms with Gasteiger partial charge in [-0.05, 0) is 69.0 Å². The van der Waals surface area contributed by atoms with Crippen molar-refractivity contribution in [3.05, 3.63) is 34.4 Å². The molecule has 2 heteroatoms. The molecule has 2 rings (SSSR count). The maximum atomic E-state index is 3.65. The van der Waals surface area contributed by atoms with Crippen LogP contribution in [0, 0.1) is 20.8 Å². The lowest BCUT2D eigenvalue weighted by molar-refractivity contribution is 0.260. The van der Waals surface area contributed by atoms with Crippen molar-refractivity contribution >= 4 is 0 Å². The fraction of sp³-hybridized carbons (Fsp3) is 0.647. The average Bonchev–Trinajstić information content (AvgIpc) is 2.83. The molecule has 1 aromatic rings. The Hall–Kier alpha value is -0.860. The Morgan fingerprint density at radius 3 is 2.63 bits per heavy atom. The number of rotatable bonds is 5. The molecule has 1 unspecified atom stereocenters. The minimum absolute atomic E-state index is 0.747. The molecule has 1 aromatic carbocycles. The SMILES string of the molecule is CCN1CCCC1CNCc1cc(C)c(C)cc1C. The zero-order valence-corrected chi connectivity index (χ0v) is 12.9. The lowest BCUT2D eigenvalue weighted by Gasteiger charge is -2.23. The molecule has 1 fully saturated rings. The van der Waals surface area contributed by atoms with E-state index in [-0.39, 0.29) is 0 Å². The third kappa shape index (κ3) is 3.58. The molecule has 1 heterocycles. The average molecular weight is 260 g/mol. The topological polar surface area (TPSA) is 15.3 Å². The van der Waals surface area contributed by atoms with Crippen molar-refractivity contribution in [2.45, 2.75) is 53.1 Å². The summed E-state index contributed by atoms with van der Waals surface area (Å²) >= 11 is 0. The molecule has 1 aliphatic heterocycles. The predicted molar refractivity (Wildman–Crippen MR) is 82.6 cm³/mol. The lowest BCUT2D eigenvalue weighted by Crippen LogP contribution is -2.37. The van der Waals surface area contributed by atoms with Gasteiger partial charge in [0.05, 0.1) is 0 Å². The Morgan fingerprint density at radius 2 is 1.89 bits per heavy atom. The number of aryl methyl sites for hydroxylation is 3. The van der Waals surface area contributed by atoms with Gasteiger partial charge >= 0.3 is 0 Å². The molecule has 106 valence electrons. The largest absolute Gasteiger partial charge is 0.311 e. The number of likely N-dealkylation sites (tertiary alicyclic amines) is 1. The van der Waals surface area contributed by atoms with Gasteiger partial charge in [0.1, 0.15) is 0 Å². The highest BCUT2D eigenvalue weighted by atomic mass is 15.2. The molecule has 0 aliphatic carbocycles. The molecular formula is C17H28N2. The van der Waals surface area contributed by atoms with Crippen LogP contribution in [0.25, 0.3) is 0 Å². The van der Waals surface area contributed by atoms with Crippen LogP contribution in [0.3, 0.4) is 0 Å². The van der Waals surface area contributed by atoms with Crippen molar-refractivity contribution in [2.24, 2.45) is 0 Å². The molecule has 1 saturated heterocycles. The van der Waals surface area contributed by atoms with Crippen LogP contribution in [0.5, 0.6) is 0 Å². The predicted octanol–water partition coefficient (Wildman–Crippen LogP) is 3.19. The van der Waals surface area contributed by atoms with Crippen molar-refractivity contribution in [1.82, 2.24) is 10.2 Å². The Bertz CT molecular complexity index is 426.